The molecule has 2 N–H and O–H groups in total. The maximum absolute atomic E-state index is 12.5. The third-order valence-corrected chi connectivity index (χ3v) is 4.06. The normalized spacial score (nSPS) is 18.5. The number of benzene rings is 1. The highest BCUT2D eigenvalue weighted by molar-refractivity contribution is 7.13. The van der Waals surface area contributed by atoms with Crippen LogP contribution in [0.15, 0.2) is 35.8 Å². The number of nitrogens with zero attached hydrogens (tertiary/aromatic N) is 3. The summed E-state index contributed by atoms with van der Waals surface area (Å²) in [7, 11) is 0. The van der Waals surface area contributed by atoms with Crippen LogP contribution in [-0.4, -0.2) is 40.1 Å². The fraction of sp³-hybridized carbons (Fsp3) is 0.286. The maximum atomic E-state index is 12.5. The first kappa shape index (κ1) is 14.5. The Balaban J connectivity index is 1.84. The molecule has 3 amide bonds. The van der Waals surface area contributed by atoms with E-state index < -0.39 is 0 Å². The van der Waals surface area contributed by atoms with Crippen LogP contribution in [0.25, 0.3) is 0 Å². The molecule has 0 spiro atoms. The minimum atomic E-state index is -0.295. The molecule has 1 aliphatic heterocycles. The fourth-order valence-corrected chi connectivity index (χ4v) is 2.87. The van der Waals surface area contributed by atoms with E-state index in [1.807, 2.05) is 30.3 Å². The zero-order valence-corrected chi connectivity index (χ0v) is 12.5. The Morgan fingerprint density at radius 3 is 2.91 bits per heavy atom. The number of hydrogen-bond donors (Lipinski definition) is 2. The summed E-state index contributed by atoms with van der Waals surface area (Å²) in [4.78, 5) is 26.0. The first-order valence-corrected chi connectivity index (χ1v) is 7.77. The van der Waals surface area contributed by atoms with Gasteiger partial charge in [0.25, 0.3) is 0 Å². The van der Waals surface area contributed by atoms with Crippen LogP contribution in [0.2, 0.25) is 0 Å². The zero-order chi connectivity index (χ0) is 15.4. The number of carbonyl (C=O) groups excluding carboxylic acids is 2. The van der Waals surface area contributed by atoms with Crippen molar-refractivity contribution in [2.45, 2.75) is 12.5 Å². The predicted octanol–water partition coefficient (Wildman–Crippen LogP) is 1.63. The monoisotopic (exact) mass is 317 g/mol. The van der Waals surface area contributed by atoms with Crippen molar-refractivity contribution in [3.8, 4) is 0 Å². The molecule has 1 aliphatic rings. The summed E-state index contributed by atoms with van der Waals surface area (Å²) in [6.45, 7) is 0.877. The van der Waals surface area contributed by atoms with E-state index in [0.717, 1.165) is 5.56 Å². The SMILES string of the molecule is O=C1CC(c2ccccc2)N(C(=O)Nc2nncs2)CCN1. The maximum Gasteiger partial charge on any atom is 0.324 e. The molecule has 1 fully saturated rings. The second-order valence-corrected chi connectivity index (χ2v) is 5.68. The average Bonchev–Trinajstić information content (AvgIpc) is 2.95. The van der Waals surface area contributed by atoms with Crippen molar-refractivity contribution in [2.75, 3.05) is 18.4 Å². The Morgan fingerprint density at radius 1 is 1.36 bits per heavy atom. The lowest BCUT2D eigenvalue weighted by molar-refractivity contribution is -0.121. The van der Waals surface area contributed by atoms with Crippen molar-refractivity contribution < 1.29 is 9.59 Å². The lowest BCUT2D eigenvalue weighted by atomic mass is 10.0. The number of aromatic nitrogens is 2. The third kappa shape index (κ3) is 3.22. The van der Waals surface area contributed by atoms with Gasteiger partial charge in [0.1, 0.15) is 5.51 Å². The van der Waals surface area contributed by atoms with Crippen LogP contribution >= 0.6 is 11.3 Å². The molecule has 0 radical (unpaired) electrons. The van der Waals surface area contributed by atoms with Crippen molar-refractivity contribution in [3.05, 3.63) is 41.4 Å². The van der Waals surface area contributed by atoms with E-state index in [2.05, 4.69) is 20.8 Å². The lowest BCUT2D eigenvalue weighted by Crippen LogP contribution is -2.39. The van der Waals surface area contributed by atoms with E-state index in [0.29, 0.717) is 18.2 Å². The number of nitrogens with one attached hydrogen (secondary N) is 2. The van der Waals surface area contributed by atoms with Crippen LogP contribution in [0.1, 0.15) is 18.0 Å². The van der Waals surface area contributed by atoms with Crippen LogP contribution in [0.4, 0.5) is 9.93 Å². The molecule has 3 rings (SSSR count). The molecular formula is C14H15N5O2S. The minimum absolute atomic E-state index is 0.0555. The quantitative estimate of drug-likeness (QED) is 0.881. The zero-order valence-electron chi connectivity index (χ0n) is 11.7. The Bertz CT molecular complexity index is 647. The highest BCUT2D eigenvalue weighted by Gasteiger charge is 2.30. The van der Waals surface area contributed by atoms with E-state index in [-0.39, 0.29) is 24.4 Å². The van der Waals surface area contributed by atoms with Gasteiger partial charge < -0.3 is 10.2 Å². The topological polar surface area (TPSA) is 87.2 Å². The Hall–Kier alpha value is -2.48. The van der Waals surface area contributed by atoms with Crippen LogP contribution in [0.3, 0.4) is 0 Å². The molecule has 114 valence electrons. The molecule has 1 aromatic heterocycles. The number of anilines is 1. The van der Waals surface area contributed by atoms with Crippen LogP contribution in [0.5, 0.6) is 0 Å². The number of hydrogen-bond acceptors (Lipinski definition) is 5. The molecule has 22 heavy (non-hydrogen) atoms. The summed E-state index contributed by atoms with van der Waals surface area (Å²) < 4.78 is 0. The van der Waals surface area contributed by atoms with Gasteiger partial charge in [-0.25, -0.2) is 4.79 Å². The van der Waals surface area contributed by atoms with Gasteiger partial charge in [0.15, 0.2) is 0 Å². The molecule has 0 bridgehead atoms. The lowest BCUT2D eigenvalue weighted by Gasteiger charge is -2.29. The molecule has 1 aromatic carbocycles. The van der Waals surface area contributed by atoms with Gasteiger partial charge in [-0.2, -0.15) is 0 Å². The van der Waals surface area contributed by atoms with E-state index in [1.54, 1.807) is 10.4 Å². The summed E-state index contributed by atoms with van der Waals surface area (Å²) >= 11 is 1.25. The standard InChI is InChI=1S/C14H15N5O2S/c20-12-8-11(10-4-2-1-3-5-10)19(7-6-15-12)14(21)17-13-18-16-9-22-13/h1-5,9,11H,6-8H2,(H,15,20)(H,17,18,21). The van der Waals surface area contributed by atoms with E-state index in [4.69, 9.17) is 0 Å². The molecule has 0 aliphatic carbocycles. The van der Waals surface area contributed by atoms with E-state index >= 15 is 0 Å². The minimum Gasteiger partial charge on any atom is -0.354 e. The predicted molar refractivity (Wildman–Crippen MR) is 82.4 cm³/mol. The van der Waals surface area contributed by atoms with Gasteiger partial charge in [0.05, 0.1) is 12.5 Å². The van der Waals surface area contributed by atoms with Gasteiger partial charge in [-0.1, -0.05) is 41.7 Å². The second kappa shape index (κ2) is 6.52. The Labute approximate surface area is 131 Å². The summed E-state index contributed by atoms with van der Waals surface area (Å²) in [6, 6.07) is 8.99. The van der Waals surface area contributed by atoms with Gasteiger partial charge in [-0.3, -0.25) is 10.1 Å². The summed E-state index contributed by atoms with van der Waals surface area (Å²) in [5, 5.41) is 13.5. The van der Waals surface area contributed by atoms with Crippen molar-refractivity contribution in [1.82, 2.24) is 20.4 Å². The smallest absolute Gasteiger partial charge is 0.324 e. The Kier molecular flexibility index (Phi) is 4.29. The molecule has 1 saturated heterocycles. The molecule has 1 atom stereocenters. The molecule has 2 heterocycles. The fourth-order valence-electron chi connectivity index (χ4n) is 2.44. The summed E-state index contributed by atoms with van der Waals surface area (Å²) in [6.07, 6.45) is 0.244. The molecule has 0 saturated carbocycles. The number of urea groups is 1. The van der Waals surface area contributed by atoms with E-state index in [9.17, 15) is 9.59 Å². The van der Waals surface area contributed by atoms with Crippen molar-refractivity contribution >= 4 is 28.4 Å². The second-order valence-electron chi connectivity index (χ2n) is 4.85. The molecule has 2 aromatic rings. The van der Waals surface area contributed by atoms with Gasteiger partial charge in [-0.05, 0) is 5.56 Å². The summed E-state index contributed by atoms with van der Waals surface area (Å²) in [5.41, 5.74) is 2.49. The number of amides is 3. The molecule has 8 heteroatoms. The van der Waals surface area contributed by atoms with Gasteiger partial charge in [-0.15, -0.1) is 10.2 Å². The van der Waals surface area contributed by atoms with Gasteiger partial charge in [0.2, 0.25) is 11.0 Å². The average molecular weight is 317 g/mol. The highest BCUT2D eigenvalue weighted by Crippen LogP contribution is 2.26. The first-order chi connectivity index (χ1) is 10.7. The van der Waals surface area contributed by atoms with Gasteiger partial charge >= 0.3 is 6.03 Å². The van der Waals surface area contributed by atoms with Crippen LogP contribution in [0, 0.1) is 0 Å². The number of rotatable bonds is 2. The molecule has 7 nitrogen and oxygen atoms in total. The summed E-state index contributed by atoms with van der Waals surface area (Å²) in [5.74, 6) is -0.0555. The van der Waals surface area contributed by atoms with Gasteiger partial charge in [0, 0.05) is 13.1 Å². The number of carbonyl (C=O) groups is 2. The molecular weight excluding hydrogens is 302 g/mol. The van der Waals surface area contributed by atoms with Crippen molar-refractivity contribution in [1.29, 1.82) is 0 Å². The van der Waals surface area contributed by atoms with Crippen LogP contribution < -0.4 is 10.6 Å². The third-order valence-electron chi connectivity index (χ3n) is 3.45. The van der Waals surface area contributed by atoms with Crippen LogP contribution in [-0.2, 0) is 4.79 Å². The van der Waals surface area contributed by atoms with Crippen molar-refractivity contribution in [2.24, 2.45) is 0 Å². The Morgan fingerprint density at radius 2 is 2.18 bits per heavy atom. The van der Waals surface area contributed by atoms with Crippen molar-refractivity contribution in [3.63, 3.8) is 0 Å². The van der Waals surface area contributed by atoms with E-state index in [1.165, 1.54) is 11.3 Å². The first-order valence-electron chi connectivity index (χ1n) is 6.89. The molecule has 1 unspecified atom stereocenters. The highest BCUT2D eigenvalue weighted by atomic mass is 32.1. The largest absolute Gasteiger partial charge is 0.354 e.